The van der Waals surface area contributed by atoms with Crippen LogP contribution in [0.15, 0.2) is 66.7 Å². The Morgan fingerprint density at radius 1 is 0.667 bits per heavy atom. The molecule has 0 unspecified atom stereocenters. The molecule has 5 heteroatoms. The molecule has 0 aliphatic heterocycles. The summed E-state index contributed by atoms with van der Waals surface area (Å²) in [5.74, 6) is -0.743. The van der Waals surface area contributed by atoms with E-state index < -0.39 is 0 Å². The SMILES string of the molecule is COC(=O)c1ccc(-c2ccc(-c3ccc(C(=O)OC)cc3)c(N)c2)cc1. The van der Waals surface area contributed by atoms with Crippen LogP contribution in [0.5, 0.6) is 0 Å². The van der Waals surface area contributed by atoms with Gasteiger partial charge in [-0.25, -0.2) is 9.59 Å². The number of nitrogen functional groups attached to an aromatic ring is 1. The summed E-state index contributed by atoms with van der Waals surface area (Å²) in [7, 11) is 2.71. The van der Waals surface area contributed by atoms with E-state index >= 15 is 0 Å². The number of benzene rings is 3. The standard InChI is InChI=1S/C22H19NO4/c1-26-21(24)16-7-3-14(4-8-16)18-11-12-19(20(23)13-18)15-5-9-17(10-6-15)22(25)27-2/h3-13H,23H2,1-2H3. The Labute approximate surface area is 157 Å². The number of carbonyl (C=O) groups excluding carboxylic acids is 2. The lowest BCUT2D eigenvalue weighted by Crippen LogP contribution is -2.00. The van der Waals surface area contributed by atoms with Crippen LogP contribution in [0, 0.1) is 0 Å². The highest BCUT2D eigenvalue weighted by molar-refractivity contribution is 5.91. The molecule has 0 amide bonds. The maximum atomic E-state index is 11.5. The Hall–Kier alpha value is -3.60. The van der Waals surface area contributed by atoms with E-state index in [4.69, 9.17) is 15.2 Å². The monoisotopic (exact) mass is 361 g/mol. The van der Waals surface area contributed by atoms with Gasteiger partial charge in [0.15, 0.2) is 0 Å². The predicted octanol–water partition coefficient (Wildman–Crippen LogP) is 4.18. The highest BCUT2D eigenvalue weighted by atomic mass is 16.5. The number of hydrogen-bond acceptors (Lipinski definition) is 5. The van der Waals surface area contributed by atoms with E-state index in [1.165, 1.54) is 14.2 Å². The van der Waals surface area contributed by atoms with Gasteiger partial charge in [-0.3, -0.25) is 0 Å². The summed E-state index contributed by atoms with van der Waals surface area (Å²) in [4.78, 5) is 23.1. The van der Waals surface area contributed by atoms with Crippen molar-refractivity contribution in [3.05, 3.63) is 77.9 Å². The average molecular weight is 361 g/mol. The van der Waals surface area contributed by atoms with E-state index in [1.807, 2.05) is 42.5 Å². The Bertz CT molecular complexity index is 976. The van der Waals surface area contributed by atoms with E-state index in [9.17, 15) is 9.59 Å². The van der Waals surface area contributed by atoms with Gasteiger partial charge in [-0.05, 0) is 47.0 Å². The van der Waals surface area contributed by atoms with E-state index in [-0.39, 0.29) is 11.9 Å². The minimum atomic E-state index is -0.375. The zero-order valence-electron chi connectivity index (χ0n) is 15.1. The molecule has 2 N–H and O–H groups in total. The summed E-state index contributed by atoms with van der Waals surface area (Å²) in [5, 5.41) is 0. The fraction of sp³-hybridized carbons (Fsp3) is 0.0909. The molecule has 0 heterocycles. The van der Waals surface area contributed by atoms with Crippen molar-refractivity contribution in [3.8, 4) is 22.3 Å². The summed E-state index contributed by atoms with van der Waals surface area (Å²) in [6.07, 6.45) is 0. The van der Waals surface area contributed by atoms with Gasteiger partial charge in [0.2, 0.25) is 0 Å². The second kappa shape index (κ2) is 7.74. The van der Waals surface area contributed by atoms with Crippen LogP contribution in [0.1, 0.15) is 20.7 Å². The summed E-state index contributed by atoms with van der Waals surface area (Å²) < 4.78 is 9.42. The lowest BCUT2D eigenvalue weighted by atomic mass is 9.97. The van der Waals surface area contributed by atoms with E-state index in [2.05, 4.69) is 0 Å². The number of esters is 2. The third kappa shape index (κ3) is 3.82. The first kappa shape index (κ1) is 18.2. The Kier molecular flexibility index (Phi) is 5.22. The van der Waals surface area contributed by atoms with Gasteiger partial charge in [0.1, 0.15) is 0 Å². The maximum Gasteiger partial charge on any atom is 0.337 e. The molecule has 3 aromatic carbocycles. The molecular formula is C22H19NO4. The van der Waals surface area contributed by atoms with Crippen molar-refractivity contribution in [1.29, 1.82) is 0 Å². The van der Waals surface area contributed by atoms with Gasteiger partial charge < -0.3 is 15.2 Å². The normalized spacial score (nSPS) is 10.3. The second-order valence-electron chi connectivity index (χ2n) is 5.94. The van der Waals surface area contributed by atoms with Crippen LogP contribution in [0.3, 0.4) is 0 Å². The molecule has 27 heavy (non-hydrogen) atoms. The van der Waals surface area contributed by atoms with Gasteiger partial charge >= 0.3 is 11.9 Å². The van der Waals surface area contributed by atoms with Gasteiger partial charge in [-0.2, -0.15) is 0 Å². The number of anilines is 1. The molecule has 0 aromatic heterocycles. The van der Waals surface area contributed by atoms with Crippen molar-refractivity contribution in [2.45, 2.75) is 0 Å². The van der Waals surface area contributed by atoms with Crippen molar-refractivity contribution in [1.82, 2.24) is 0 Å². The molecule has 3 rings (SSSR count). The van der Waals surface area contributed by atoms with E-state index in [0.717, 1.165) is 22.3 Å². The third-order valence-electron chi connectivity index (χ3n) is 4.31. The number of ether oxygens (including phenoxy) is 2. The first-order chi connectivity index (χ1) is 13.0. The summed E-state index contributed by atoms with van der Waals surface area (Å²) >= 11 is 0. The van der Waals surface area contributed by atoms with Crippen LogP contribution in [0.2, 0.25) is 0 Å². The zero-order valence-corrected chi connectivity index (χ0v) is 15.1. The molecule has 3 aromatic rings. The van der Waals surface area contributed by atoms with Crippen LogP contribution in [0.25, 0.3) is 22.3 Å². The molecule has 0 saturated heterocycles. The first-order valence-corrected chi connectivity index (χ1v) is 8.30. The molecule has 0 atom stereocenters. The topological polar surface area (TPSA) is 78.6 Å². The molecular weight excluding hydrogens is 342 g/mol. The molecule has 0 spiro atoms. The molecule has 0 saturated carbocycles. The lowest BCUT2D eigenvalue weighted by molar-refractivity contribution is 0.0592. The van der Waals surface area contributed by atoms with Gasteiger partial charge in [0.05, 0.1) is 25.3 Å². The molecule has 0 aliphatic rings. The second-order valence-corrected chi connectivity index (χ2v) is 5.94. The first-order valence-electron chi connectivity index (χ1n) is 8.30. The molecule has 0 aliphatic carbocycles. The smallest absolute Gasteiger partial charge is 0.337 e. The van der Waals surface area contributed by atoms with Crippen molar-refractivity contribution < 1.29 is 19.1 Å². The Morgan fingerprint density at radius 3 is 1.56 bits per heavy atom. The quantitative estimate of drug-likeness (QED) is 0.557. The van der Waals surface area contributed by atoms with Crippen LogP contribution in [0.4, 0.5) is 5.69 Å². The van der Waals surface area contributed by atoms with Gasteiger partial charge in [0, 0.05) is 11.3 Å². The van der Waals surface area contributed by atoms with Gasteiger partial charge in [-0.15, -0.1) is 0 Å². The molecule has 0 fully saturated rings. The number of carbonyl (C=O) groups is 2. The van der Waals surface area contributed by atoms with Crippen LogP contribution in [-0.4, -0.2) is 26.2 Å². The molecule has 136 valence electrons. The summed E-state index contributed by atoms with van der Waals surface area (Å²) in [5.41, 5.74) is 11.5. The number of rotatable bonds is 4. The van der Waals surface area contributed by atoms with Gasteiger partial charge in [-0.1, -0.05) is 36.4 Å². The van der Waals surface area contributed by atoms with Crippen molar-refractivity contribution in [2.75, 3.05) is 20.0 Å². The Morgan fingerprint density at radius 2 is 1.11 bits per heavy atom. The number of methoxy groups -OCH3 is 2. The third-order valence-corrected chi connectivity index (χ3v) is 4.31. The Balaban J connectivity index is 1.87. The molecule has 0 bridgehead atoms. The van der Waals surface area contributed by atoms with Crippen LogP contribution >= 0.6 is 0 Å². The highest BCUT2D eigenvalue weighted by Gasteiger charge is 2.09. The maximum absolute atomic E-state index is 11.5. The lowest BCUT2D eigenvalue weighted by Gasteiger charge is -2.10. The molecule has 0 radical (unpaired) electrons. The van der Waals surface area contributed by atoms with Crippen molar-refractivity contribution in [3.63, 3.8) is 0 Å². The fourth-order valence-corrected chi connectivity index (χ4v) is 2.83. The molecule has 5 nitrogen and oxygen atoms in total. The highest BCUT2D eigenvalue weighted by Crippen LogP contribution is 2.31. The largest absolute Gasteiger partial charge is 0.465 e. The average Bonchev–Trinajstić information content (AvgIpc) is 2.72. The van der Waals surface area contributed by atoms with Crippen LogP contribution < -0.4 is 5.73 Å². The van der Waals surface area contributed by atoms with Crippen LogP contribution in [-0.2, 0) is 9.47 Å². The zero-order chi connectivity index (χ0) is 19.4. The van der Waals surface area contributed by atoms with Gasteiger partial charge in [0.25, 0.3) is 0 Å². The van der Waals surface area contributed by atoms with E-state index in [0.29, 0.717) is 16.8 Å². The van der Waals surface area contributed by atoms with Crippen molar-refractivity contribution in [2.24, 2.45) is 0 Å². The number of hydrogen-bond donors (Lipinski definition) is 1. The van der Waals surface area contributed by atoms with Crippen molar-refractivity contribution >= 4 is 17.6 Å². The minimum Gasteiger partial charge on any atom is -0.465 e. The minimum absolute atomic E-state index is 0.369. The summed E-state index contributed by atoms with van der Waals surface area (Å²) in [6, 6.07) is 20.0. The predicted molar refractivity (Wildman–Crippen MR) is 104 cm³/mol. The summed E-state index contributed by atoms with van der Waals surface area (Å²) in [6.45, 7) is 0. The number of nitrogens with two attached hydrogens (primary N) is 1. The van der Waals surface area contributed by atoms with E-state index in [1.54, 1.807) is 24.3 Å². The fourth-order valence-electron chi connectivity index (χ4n) is 2.83.